The van der Waals surface area contributed by atoms with E-state index in [1.165, 1.54) is 6.21 Å². The number of hydrogen-bond acceptors (Lipinski definition) is 7. The standard InChI is InChI=1S/C25H24N2O6/c1-3-32-22-15-17(16-26-27-24(29)23(28)18-7-5-4-6-8-18)9-14-21(22)33-25(30)19-10-12-20(31-2)13-11-19/h4-16,23,28H,3H2,1-2H3,(H,27,29)/b26-16-/t23-/m0/s1. The highest BCUT2D eigenvalue weighted by atomic mass is 16.6. The molecule has 0 saturated heterocycles. The number of nitrogens with zero attached hydrogens (tertiary/aromatic N) is 1. The summed E-state index contributed by atoms with van der Waals surface area (Å²) in [6.45, 7) is 2.16. The summed E-state index contributed by atoms with van der Waals surface area (Å²) in [7, 11) is 1.55. The molecule has 0 aliphatic rings. The molecule has 0 aliphatic carbocycles. The first-order valence-corrected chi connectivity index (χ1v) is 10.2. The summed E-state index contributed by atoms with van der Waals surface area (Å²) in [6, 6.07) is 20.0. The number of aliphatic hydroxyl groups excluding tert-OH is 1. The Kier molecular flexibility index (Phi) is 8.15. The second-order valence-electron chi connectivity index (χ2n) is 6.80. The Hall–Kier alpha value is -4.17. The monoisotopic (exact) mass is 448 g/mol. The van der Waals surface area contributed by atoms with Crippen molar-refractivity contribution in [2.24, 2.45) is 5.10 Å². The lowest BCUT2D eigenvalue weighted by atomic mass is 10.1. The van der Waals surface area contributed by atoms with E-state index in [-0.39, 0.29) is 5.75 Å². The van der Waals surface area contributed by atoms with Crippen LogP contribution in [0.25, 0.3) is 0 Å². The number of methoxy groups -OCH3 is 1. The van der Waals surface area contributed by atoms with E-state index in [1.807, 2.05) is 0 Å². The van der Waals surface area contributed by atoms with Crippen molar-refractivity contribution in [3.8, 4) is 17.2 Å². The number of aliphatic hydroxyl groups is 1. The van der Waals surface area contributed by atoms with E-state index < -0.39 is 18.0 Å². The number of amides is 1. The van der Waals surface area contributed by atoms with Crippen LogP contribution in [-0.2, 0) is 4.79 Å². The summed E-state index contributed by atoms with van der Waals surface area (Å²) in [5, 5.41) is 14.0. The number of rotatable bonds is 9. The number of hydrogen-bond donors (Lipinski definition) is 2. The van der Waals surface area contributed by atoms with Gasteiger partial charge in [0.25, 0.3) is 5.91 Å². The smallest absolute Gasteiger partial charge is 0.343 e. The number of hydrazone groups is 1. The summed E-state index contributed by atoms with van der Waals surface area (Å²) in [5.74, 6) is 0.0283. The van der Waals surface area contributed by atoms with Gasteiger partial charge < -0.3 is 19.3 Å². The van der Waals surface area contributed by atoms with Gasteiger partial charge in [-0.05, 0) is 60.5 Å². The zero-order chi connectivity index (χ0) is 23.6. The minimum Gasteiger partial charge on any atom is -0.497 e. The van der Waals surface area contributed by atoms with Gasteiger partial charge >= 0.3 is 5.97 Å². The third-order valence-electron chi connectivity index (χ3n) is 4.55. The fourth-order valence-electron chi connectivity index (χ4n) is 2.86. The minimum atomic E-state index is -1.33. The maximum Gasteiger partial charge on any atom is 0.343 e. The van der Waals surface area contributed by atoms with Crippen LogP contribution in [0.2, 0.25) is 0 Å². The van der Waals surface area contributed by atoms with Crippen molar-refractivity contribution in [3.05, 3.63) is 89.5 Å². The van der Waals surface area contributed by atoms with E-state index in [9.17, 15) is 14.7 Å². The van der Waals surface area contributed by atoms with Gasteiger partial charge in [-0.25, -0.2) is 10.2 Å². The predicted octanol–water partition coefficient (Wildman–Crippen LogP) is 3.50. The third-order valence-corrected chi connectivity index (χ3v) is 4.55. The first kappa shape index (κ1) is 23.5. The van der Waals surface area contributed by atoms with Crippen LogP contribution in [-0.4, -0.2) is 36.9 Å². The number of carbonyl (C=O) groups excluding carboxylic acids is 2. The second-order valence-corrected chi connectivity index (χ2v) is 6.80. The SMILES string of the molecule is CCOc1cc(/C=N\NC(=O)[C@@H](O)c2ccccc2)ccc1OC(=O)c1ccc(OC)cc1. The van der Waals surface area contributed by atoms with E-state index in [0.29, 0.717) is 34.8 Å². The highest BCUT2D eigenvalue weighted by Gasteiger charge is 2.16. The van der Waals surface area contributed by atoms with E-state index >= 15 is 0 Å². The molecule has 0 aromatic heterocycles. The molecule has 170 valence electrons. The molecule has 0 aliphatic heterocycles. The molecule has 0 spiro atoms. The van der Waals surface area contributed by atoms with E-state index in [2.05, 4.69) is 10.5 Å². The van der Waals surface area contributed by atoms with Gasteiger partial charge in [-0.3, -0.25) is 4.79 Å². The normalized spacial score (nSPS) is 11.6. The van der Waals surface area contributed by atoms with Crippen LogP contribution in [0.3, 0.4) is 0 Å². The molecule has 3 aromatic carbocycles. The maximum atomic E-state index is 12.5. The topological polar surface area (TPSA) is 106 Å². The van der Waals surface area contributed by atoms with Crippen molar-refractivity contribution < 1.29 is 28.9 Å². The van der Waals surface area contributed by atoms with Crippen LogP contribution in [0.5, 0.6) is 17.2 Å². The first-order chi connectivity index (χ1) is 16.0. The molecule has 2 N–H and O–H groups in total. The molecule has 1 amide bonds. The summed E-state index contributed by atoms with van der Waals surface area (Å²) >= 11 is 0. The Balaban J connectivity index is 1.67. The van der Waals surface area contributed by atoms with E-state index in [4.69, 9.17) is 14.2 Å². The van der Waals surface area contributed by atoms with Gasteiger partial charge in [0.2, 0.25) is 0 Å². The molecule has 1 atom stereocenters. The molecule has 8 heteroatoms. The second kappa shape index (κ2) is 11.4. The summed E-state index contributed by atoms with van der Waals surface area (Å²) < 4.78 is 16.2. The molecule has 0 bridgehead atoms. The van der Waals surface area contributed by atoms with Crippen molar-refractivity contribution in [2.75, 3.05) is 13.7 Å². The Morgan fingerprint density at radius 2 is 1.76 bits per heavy atom. The van der Waals surface area contributed by atoms with Crippen LogP contribution in [0.4, 0.5) is 0 Å². The lowest BCUT2D eigenvalue weighted by molar-refractivity contribution is -0.129. The largest absolute Gasteiger partial charge is 0.497 e. The lowest BCUT2D eigenvalue weighted by Gasteiger charge is -2.12. The average Bonchev–Trinajstić information content (AvgIpc) is 2.85. The van der Waals surface area contributed by atoms with Crippen molar-refractivity contribution in [3.63, 3.8) is 0 Å². The minimum absolute atomic E-state index is 0.248. The zero-order valence-electron chi connectivity index (χ0n) is 18.2. The van der Waals surface area contributed by atoms with E-state index in [1.54, 1.807) is 86.8 Å². The summed E-state index contributed by atoms with van der Waals surface area (Å²) in [5.41, 5.74) is 3.73. The zero-order valence-corrected chi connectivity index (χ0v) is 18.2. The van der Waals surface area contributed by atoms with Crippen LogP contribution >= 0.6 is 0 Å². The first-order valence-electron chi connectivity index (χ1n) is 10.2. The van der Waals surface area contributed by atoms with Gasteiger partial charge in [-0.2, -0.15) is 5.10 Å². The third kappa shape index (κ3) is 6.41. The van der Waals surface area contributed by atoms with Crippen LogP contribution in [0.1, 0.15) is 34.5 Å². The molecular formula is C25H24N2O6. The van der Waals surface area contributed by atoms with Gasteiger partial charge in [0.15, 0.2) is 17.6 Å². The number of ether oxygens (including phenoxy) is 3. The lowest BCUT2D eigenvalue weighted by Crippen LogP contribution is -2.25. The molecular weight excluding hydrogens is 424 g/mol. The summed E-state index contributed by atoms with van der Waals surface area (Å²) in [6.07, 6.45) is 0.0646. The Morgan fingerprint density at radius 1 is 1.03 bits per heavy atom. The van der Waals surface area contributed by atoms with Crippen molar-refractivity contribution in [2.45, 2.75) is 13.0 Å². The molecule has 8 nitrogen and oxygen atoms in total. The van der Waals surface area contributed by atoms with E-state index in [0.717, 1.165) is 0 Å². The fraction of sp³-hybridized carbons (Fsp3) is 0.160. The fourth-order valence-corrected chi connectivity index (χ4v) is 2.86. The van der Waals surface area contributed by atoms with Gasteiger partial charge in [-0.15, -0.1) is 0 Å². The Morgan fingerprint density at radius 3 is 2.42 bits per heavy atom. The van der Waals surface area contributed by atoms with Crippen molar-refractivity contribution >= 4 is 18.1 Å². The van der Waals surface area contributed by atoms with Crippen molar-refractivity contribution in [1.82, 2.24) is 5.43 Å². The molecule has 0 radical (unpaired) electrons. The molecule has 0 saturated carbocycles. The van der Waals surface area contributed by atoms with Gasteiger partial charge in [0.1, 0.15) is 5.75 Å². The molecule has 3 aromatic rings. The highest BCUT2D eigenvalue weighted by molar-refractivity contribution is 5.92. The van der Waals surface area contributed by atoms with Crippen molar-refractivity contribution in [1.29, 1.82) is 0 Å². The molecule has 33 heavy (non-hydrogen) atoms. The number of esters is 1. The number of carbonyl (C=O) groups is 2. The van der Waals surface area contributed by atoms with Crippen LogP contribution < -0.4 is 19.6 Å². The van der Waals surface area contributed by atoms with Crippen LogP contribution in [0, 0.1) is 0 Å². The van der Waals surface area contributed by atoms with Gasteiger partial charge in [0.05, 0.1) is 25.5 Å². The van der Waals surface area contributed by atoms with Gasteiger partial charge in [-0.1, -0.05) is 30.3 Å². The number of nitrogens with one attached hydrogen (secondary N) is 1. The average molecular weight is 448 g/mol. The Labute approximate surface area is 191 Å². The highest BCUT2D eigenvalue weighted by Crippen LogP contribution is 2.29. The molecule has 0 heterocycles. The summed E-state index contributed by atoms with van der Waals surface area (Å²) in [4.78, 5) is 24.6. The molecule has 3 rings (SSSR count). The maximum absolute atomic E-state index is 12.5. The van der Waals surface area contributed by atoms with Crippen LogP contribution in [0.15, 0.2) is 77.9 Å². The Bertz CT molecular complexity index is 1110. The predicted molar refractivity (Wildman–Crippen MR) is 123 cm³/mol. The van der Waals surface area contributed by atoms with Gasteiger partial charge in [0, 0.05) is 0 Å². The molecule has 0 unspecified atom stereocenters. The molecule has 0 fully saturated rings. The number of benzene rings is 3. The quantitative estimate of drug-likeness (QED) is 0.225.